The van der Waals surface area contributed by atoms with E-state index in [1.54, 1.807) is 28.6 Å². The molecule has 1 unspecified atom stereocenters. The van der Waals surface area contributed by atoms with Gasteiger partial charge in [0.2, 0.25) is 10.0 Å². The molecule has 20 heavy (non-hydrogen) atoms. The fraction of sp³-hybridized carbons (Fsp3) is 0.625. The minimum absolute atomic E-state index is 0.237. The number of rotatable bonds is 3. The van der Waals surface area contributed by atoms with Crippen molar-refractivity contribution in [3.8, 4) is 0 Å². The number of nitrogens with zero attached hydrogens (tertiary/aromatic N) is 1. The molecular weight excluding hydrogens is 270 g/mol. The van der Waals surface area contributed by atoms with Crippen LogP contribution in [0.3, 0.4) is 0 Å². The molecule has 0 aromatic heterocycles. The fourth-order valence-corrected chi connectivity index (χ4v) is 5.56. The fourth-order valence-electron chi connectivity index (χ4n) is 3.78. The molecule has 1 saturated heterocycles. The summed E-state index contributed by atoms with van der Waals surface area (Å²) in [4.78, 5) is 0.447. The van der Waals surface area contributed by atoms with E-state index in [0.29, 0.717) is 17.4 Å². The van der Waals surface area contributed by atoms with Crippen LogP contribution >= 0.6 is 0 Å². The van der Waals surface area contributed by atoms with Crippen molar-refractivity contribution in [2.45, 2.75) is 55.9 Å². The van der Waals surface area contributed by atoms with Crippen LogP contribution in [0.4, 0.5) is 0 Å². The molecule has 1 aromatic rings. The normalized spacial score (nSPS) is 25.9. The summed E-state index contributed by atoms with van der Waals surface area (Å²) in [7, 11) is -3.30. The SMILES string of the molecule is O=S(=O)(c1ccccc1)N1CCCC1C1CCCCC1. The van der Waals surface area contributed by atoms with Crippen molar-refractivity contribution in [3.63, 3.8) is 0 Å². The van der Waals surface area contributed by atoms with Crippen LogP contribution in [-0.4, -0.2) is 25.3 Å². The van der Waals surface area contributed by atoms with E-state index in [9.17, 15) is 8.42 Å². The summed E-state index contributed by atoms with van der Waals surface area (Å²) in [6.07, 6.45) is 8.29. The number of benzene rings is 1. The summed E-state index contributed by atoms with van der Waals surface area (Å²) in [6.45, 7) is 0.693. The predicted octanol–water partition coefficient (Wildman–Crippen LogP) is 3.42. The average molecular weight is 293 g/mol. The standard InChI is InChI=1S/C16H23NO2S/c18-20(19,15-10-5-2-6-11-15)17-13-7-12-16(17)14-8-3-1-4-9-14/h2,5-6,10-11,14,16H,1,3-4,7-9,12-13H2. The van der Waals surface area contributed by atoms with Gasteiger partial charge in [-0.05, 0) is 43.7 Å². The lowest BCUT2D eigenvalue weighted by Crippen LogP contribution is -2.40. The number of hydrogen-bond acceptors (Lipinski definition) is 2. The third kappa shape index (κ3) is 2.63. The van der Waals surface area contributed by atoms with E-state index in [2.05, 4.69) is 0 Å². The van der Waals surface area contributed by atoms with E-state index in [4.69, 9.17) is 0 Å². The molecule has 1 heterocycles. The first-order valence-corrected chi connectivity index (χ1v) is 9.20. The van der Waals surface area contributed by atoms with Crippen molar-refractivity contribution in [2.75, 3.05) is 6.54 Å². The zero-order chi connectivity index (χ0) is 14.0. The molecular formula is C16H23NO2S. The van der Waals surface area contributed by atoms with Gasteiger partial charge < -0.3 is 0 Å². The molecule has 1 saturated carbocycles. The molecule has 2 aliphatic rings. The maximum Gasteiger partial charge on any atom is 0.243 e. The average Bonchev–Trinajstić information content (AvgIpc) is 2.99. The highest BCUT2D eigenvalue weighted by Crippen LogP contribution is 2.36. The Kier molecular flexibility index (Phi) is 4.13. The number of hydrogen-bond donors (Lipinski definition) is 0. The van der Waals surface area contributed by atoms with Gasteiger partial charge in [0.1, 0.15) is 0 Å². The van der Waals surface area contributed by atoms with Gasteiger partial charge in [-0.3, -0.25) is 0 Å². The maximum absolute atomic E-state index is 12.8. The molecule has 0 N–H and O–H groups in total. The zero-order valence-corrected chi connectivity index (χ0v) is 12.7. The van der Waals surface area contributed by atoms with E-state index in [0.717, 1.165) is 12.8 Å². The van der Waals surface area contributed by atoms with Crippen molar-refractivity contribution >= 4 is 10.0 Å². The predicted molar refractivity (Wildman–Crippen MR) is 79.9 cm³/mol. The second-order valence-electron chi connectivity index (χ2n) is 6.04. The maximum atomic E-state index is 12.8. The van der Waals surface area contributed by atoms with E-state index in [-0.39, 0.29) is 6.04 Å². The van der Waals surface area contributed by atoms with Gasteiger partial charge in [0.15, 0.2) is 0 Å². The van der Waals surface area contributed by atoms with Crippen molar-refractivity contribution in [1.82, 2.24) is 4.31 Å². The summed E-state index contributed by atoms with van der Waals surface area (Å²) < 4.78 is 27.4. The third-order valence-electron chi connectivity index (χ3n) is 4.79. The zero-order valence-electron chi connectivity index (χ0n) is 11.9. The van der Waals surface area contributed by atoms with E-state index >= 15 is 0 Å². The molecule has 1 aromatic carbocycles. The van der Waals surface area contributed by atoms with E-state index in [1.165, 1.54) is 32.1 Å². The molecule has 0 bridgehead atoms. The van der Waals surface area contributed by atoms with Crippen molar-refractivity contribution in [1.29, 1.82) is 0 Å². The lowest BCUT2D eigenvalue weighted by molar-refractivity contribution is 0.226. The van der Waals surface area contributed by atoms with Gasteiger partial charge in [-0.25, -0.2) is 8.42 Å². The summed E-state index contributed by atoms with van der Waals surface area (Å²) in [6, 6.07) is 9.14. The smallest absolute Gasteiger partial charge is 0.207 e. The lowest BCUT2D eigenvalue weighted by atomic mass is 9.83. The van der Waals surface area contributed by atoms with E-state index < -0.39 is 10.0 Å². The molecule has 1 aliphatic carbocycles. The summed E-state index contributed by atoms with van der Waals surface area (Å²) in [5, 5.41) is 0. The van der Waals surface area contributed by atoms with Crippen LogP contribution in [0.2, 0.25) is 0 Å². The van der Waals surface area contributed by atoms with Crippen molar-refractivity contribution < 1.29 is 8.42 Å². The van der Waals surface area contributed by atoms with Crippen LogP contribution in [0, 0.1) is 5.92 Å². The van der Waals surface area contributed by atoms with Gasteiger partial charge in [0.05, 0.1) is 4.90 Å². The van der Waals surface area contributed by atoms with Crippen molar-refractivity contribution in [3.05, 3.63) is 30.3 Å². The van der Waals surface area contributed by atoms with Gasteiger partial charge in [-0.2, -0.15) is 4.31 Å². The van der Waals surface area contributed by atoms with Crippen LogP contribution < -0.4 is 0 Å². The van der Waals surface area contributed by atoms with Gasteiger partial charge in [-0.1, -0.05) is 37.5 Å². The third-order valence-corrected chi connectivity index (χ3v) is 6.73. The Balaban J connectivity index is 1.84. The summed E-state index contributed by atoms with van der Waals surface area (Å²) >= 11 is 0. The Labute approximate surface area is 122 Å². The molecule has 0 amide bonds. The molecule has 2 fully saturated rings. The first kappa shape index (κ1) is 14.1. The molecule has 0 spiro atoms. The van der Waals surface area contributed by atoms with Gasteiger partial charge >= 0.3 is 0 Å². The van der Waals surface area contributed by atoms with Crippen LogP contribution in [0.15, 0.2) is 35.2 Å². The highest BCUT2D eigenvalue weighted by Gasteiger charge is 2.39. The molecule has 1 atom stereocenters. The molecule has 0 radical (unpaired) electrons. The lowest BCUT2D eigenvalue weighted by Gasteiger charge is -2.33. The quantitative estimate of drug-likeness (QED) is 0.856. The minimum Gasteiger partial charge on any atom is -0.207 e. The monoisotopic (exact) mass is 293 g/mol. The first-order chi connectivity index (χ1) is 9.69. The highest BCUT2D eigenvalue weighted by atomic mass is 32.2. The Morgan fingerprint density at radius 1 is 0.900 bits per heavy atom. The second-order valence-corrected chi connectivity index (χ2v) is 7.93. The Morgan fingerprint density at radius 3 is 2.30 bits per heavy atom. The molecule has 1 aliphatic heterocycles. The Hall–Kier alpha value is -0.870. The molecule has 4 heteroatoms. The molecule has 3 nitrogen and oxygen atoms in total. The minimum atomic E-state index is -3.30. The van der Waals surface area contributed by atoms with Crippen LogP contribution in [0.1, 0.15) is 44.9 Å². The molecule has 110 valence electrons. The van der Waals surface area contributed by atoms with Gasteiger partial charge in [-0.15, -0.1) is 0 Å². The van der Waals surface area contributed by atoms with Gasteiger partial charge in [0.25, 0.3) is 0 Å². The van der Waals surface area contributed by atoms with Crippen LogP contribution in [0.25, 0.3) is 0 Å². The Morgan fingerprint density at radius 2 is 1.60 bits per heavy atom. The largest absolute Gasteiger partial charge is 0.243 e. The Bertz CT molecular complexity index is 535. The summed E-state index contributed by atoms with van der Waals surface area (Å²) in [5.41, 5.74) is 0. The van der Waals surface area contributed by atoms with Crippen LogP contribution in [0.5, 0.6) is 0 Å². The molecule has 3 rings (SSSR count). The number of sulfonamides is 1. The summed E-state index contributed by atoms with van der Waals surface area (Å²) in [5.74, 6) is 0.574. The van der Waals surface area contributed by atoms with E-state index in [1.807, 2.05) is 6.07 Å². The second kappa shape index (κ2) is 5.86. The first-order valence-electron chi connectivity index (χ1n) is 7.76. The van der Waals surface area contributed by atoms with Gasteiger partial charge in [0, 0.05) is 12.6 Å². The van der Waals surface area contributed by atoms with Crippen LogP contribution in [-0.2, 0) is 10.0 Å². The topological polar surface area (TPSA) is 37.4 Å². The highest BCUT2D eigenvalue weighted by molar-refractivity contribution is 7.89. The van der Waals surface area contributed by atoms with Crippen molar-refractivity contribution in [2.24, 2.45) is 5.92 Å².